The van der Waals surface area contributed by atoms with Gasteiger partial charge in [0, 0.05) is 47.8 Å². The van der Waals surface area contributed by atoms with E-state index in [-0.39, 0.29) is 47.8 Å². The summed E-state index contributed by atoms with van der Waals surface area (Å²) in [6.45, 7) is 34.3. The van der Waals surface area contributed by atoms with Crippen LogP contribution in [0, 0.1) is 47.6 Å². The Kier molecular flexibility index (Phi) is 127. The van der Waals surface area contributed by atoms with Crippen molar-refractivity contribution in [3.8, 4) is 0 Å². The van der Waals surface area contributed by atoms with E-state index in [9.17, 15) is 4.39 Å². The average Bonchev–Trinajstić information content (AvgIpc) is 2.85. The van der Waals surface area contributed by atoms with Gasteiger partial charge < -0.3 is 5.32 Å². The van der Waals surface area contributed by atoms with Crippen LogP contribution in [0.1, 0.15) is 119 Å². The number of halogens is 1. The molecule has 0 aromatic rings. The van der Waals surface area contributed by atoms with Crippen LogP contribution in [0.5, 0.6) is 0 Å². The standard InChI is InChI=1S/C5H2FN.6C4H9.2Sn/c6-5-1-3-7-4-2-5;6*1-3-4-2;;/h3-4H;6*1,3-4H2,2H3;;. The predicted octanol–water partition coefficient (Wildman–Crippen LogP) is 10.6. The van der Waals surface area contributed by atoms with Gasteiger partial charge in [-0.3, -0.25) is 0 Å². The summed E-state index contributed by atoms with van der Waals surface area (Å²) in [7, 11) is 0. The van der Waals surface area contributed by atoms with Gasteiger partial charge >= 0.3 is 5.83 Å². The topological polar surface area (TPSA) is 14.1 Å². The first kappa shape index (κ1) is 54.4. The smallest absolute Gasteiger partial charge is 0.401 e. The molecule has 4 heteroatoms. The largest absolute Gasteiger partial charge is 0.619 e. The van der Waals surface area contributed by atoms with E-state index in [1.807, 2.05) is 0 Å². The summed E-state index contributed by atoms with van der Waals surface area (Å²) in [4.78, 5) is 0. The van der Waals surface area contributed by atoms with Crippen LogP contribution in [-0.4, -0.2) is 47.8 Å². The summed E-state index contributed by atoms with van der Waals surface area (Å²) in [5.41, 5.74) is 2.20. The Morgan fingerprint density at radius 1 is 0.636 bits per heavy atom. The number of hydrogen-bond acceptors (Lipinski definition) is 0. The molecule has 192 valence electrons. The minimum atomic E-state index is -0.491. The second kappa shape index (κ2) is 76.7. The fourth-order valence-electron chi connectivity index (χ4n) is 0.267. The second-order valence-electron chi connectivity index (χ2n) is 6.13. The van der Waals surface area contributed by atoms with Crippen LogP contribution >= 0.6 is 0 Å². The van der Waals surface area contributed by atoms with Crippen LogP contribution in [0.4, 0.5) is 4.39 Å². The van der Waals surface area contributed by atoms with E-state index in [4.69, 9.17) is 0 Å². The molecule has 14 radical (unpaired) electrons. The number of allylic oxidation sites excluding steroid dienone is 2. The van der Waals surface area contributed by atoms with E-state index < -0.39 is 5.83 Å². The van der Waals surface area contributed by atoms with E-state index >= 15 is 0 Å². The zero-order valence-electron chi connectivity index (χ0n) is 23.2. The third kappa shape index (κ3) is 144. The molecule has 1 aliphatic heterocycles. The molecule has 0 aromatic carbocycles. The first-order chi connectivity index (χ1) is 14.9. The van der Waals surface area contributed by atoms with Crippen molar-refractivity contribution >= 4 is 47.8 Å². The maximum atomic E-state index is 11.8. The van der Waals surface area contributed by atoms with Gasteiger partial charge in [0.05, 0.1) is 0 Å². The molecule has 1 nitrogen and oxygen atoms in total. The maximum Gasteiger partial charge on any atom is 0.401 e. The molecule has 1 rings (SSSR count). The zero-order chi connectivity index (χ0) is 25.6. The summed E-state index contributed by atoms with van der Waals surface area (Å²) >= 11 is 0. The molecule has 0 saturated heterocycles. The minimum absolute atomic E-state index is 0. The number of nitrogens with zero attached hydrogens (tertiary/aromatic N) is 1. The molecule has 0 saturated carbocycles. The fraction of sp³-hybridized carbons (Fsp3) is 0.621. The van der Waals surface area contributed by atoms with Gasteiger partial charge in [0.2, 0.25) is 0 Å². The van der Waals surface area contributed by atoms with E-state index in [2.05, 4.69) is 100 Å². The summed E-state index contributed by atoms with van der Waals surface area (Å²) in [5, 5.41) is 3.49. The van der Waals surface area contributed by atoms with Crippen molar-refractivity contribution in [2.24, 2.45) is 0 Å². The molecule has 0 unspecified atom stereocenters. The third-order valence-electron chi connectivity index (χ3n) is 2.65. The van der Waals surface area contributed by atoms with Crippen molar-refractivity contribution in [2.45, 2.75) is 119 Å². The number of unbranched alkanes of at least 4 members (excludes halogenated alkanes) is 6. The van der Waals surface area contributed by atoms with E-state index in [0.717, 1.165) is 38.5 Å². The number of hydrogen-bond donors (Lipinski definition) is 0. The van der Waals surface area contributed by atoms with Crippen LogP contribution in [0.15, 0.2) is 24.0 Å². The Balaban J connectivity index is -0.0000000371. The van der Waals surface area contributed by atoms with Gasteiger partial charge in [-0.2, -0.15) is 0 Å². The van der Waals surface area contributed by atoms with Gasteiger partial charge in [0.1, 0.15) is 11.8 Å². The Hall–Kier alpha value is 0.497. The van der Waals surface area contributed by atoms with Crippen LogP contribution in [0.2, 0.25) is 0 Å². The molecule has 0 fully saturated rings. The molecule has 0 aliphatic carbocycles. The molecule has 0 N–H and O–H groups in total. The molecule has 0 bridgehead atoms. The van der Waals surface area contributed by atoms with E-state index in [1.54, 1.807) is 0 Å². The number of rotatable bonds is 6. The summed E-state index contributed by atoms with van der Waals surface area (Å²) < 4.78 is 11.8. The van der Waals surface area contributed by atoms with E-state index in [1.165, 1.54) is 50.9 Å². The summed E-state index contributed by atoms with van der Waals surface area (Å²) in [6, 6.07) is 0. The quantitative estimate of drug-likeness (QED) is 0.151. The van der Waals surface area contributed by atoms with Crippen LogP contribution < -0.4 is 0 Å². The molecule has 0 atom stereocenters. The monoisotopic (exact) mass is 677 g/mol. The van der Waals surface area contributed by atoms with Crippen molar-refractivity contribution in [2.75, 3.05) is 0 Å². The molecule has 0 aromatic heterocycles. The molecule has 1 aliphatic rings. The molecule has 33 heavy (non-hydrogen) atoms. The predicted molar refractivity (Wildman–Crippen MR) is 157 cm³/mol. The van der Waals surface area contributed by atoms with Gasteiger partial charge in [0.25, 0.3) is 0 Å². The van der Waals surface area contributed by atoms with Crippen molar-refractivity contribution in [3.05, 3.63) is 76.9 Å². The van der Waals surface area contributed by atoms with Crippen molar-refractivity contribution < 1.29 is 4.39 Å². The Morgan fingerprint density at radius 3 is 0.909 bits per heavy atom. The van der Waals surface area contributed by atoms with Crippen LogP contribution in [0.25, 0.3) is 5.32 Å². The SMILES string of the molecule is FC1=C=C[N-]C=[C+]1.[CH2]CCC.[CH2]CCC.[CH2]CCC.[CH2]CCC.[CH2]CCC.[CH2]CCC.[Sn].[Sn]. The summed E-state index contributed by atoms with van der Waals surface area (Å²) in [5.74, 6) is -0.491. The van der Waals surface area contributed by atoms with Gasteiger partial charge in [-0.15, -0.1) is 4.39 Å². The fourth-order valence-corrected chi connectivity index (χ4v) is 0.267. The Bertz CT molecular complexity index is 270. The van der Waals surface area contributed by atoms with Gasteiger partial charge in [-0.1, -0.05) is 160 Å². The second-order valence-corrected chi connectivity index (χ2v) is 6.13. The van der Waals surface area contributed by atoms with Gasteiger partial charge in [0.15, 0.2) is 0 Å². The van der Waals surface area contributed by atoms with Crippen LogP contribution in [0.3, 0.4) is 0 Å². The summed E-state index contributed by atoms with van der Waals surface area (Å²) in [6.07, 6.45) is 18.4. The zero-order valence-corrected chi connectivity index (χ0v) is 28.9. The molecule has 1 heterocycles. The Labute approximate surface area is 246 Å². The molecular weight excluding hydrogens is 619 g/mol. The van der Waals surface area contributed by atoms with Gasteiger partial charge in [-0.25, -0.2) is 0 Å². The Morgan fingerprint density at radius 2 is 0.848 bits per heavy atom. The minimum Gasteiger partial charge on any atom is -0.619 e. The van der Waals surface area contributed by atoms with Crippen molar-refractivity contribution in [3.63, 3.8) is 0 Å². The molecule has 0 spiro atoms. The molecule has 0 amide bonds. The van der Waals surface area contributed by atoms with Crippen molar-refractivity contribution in [1.82, 2.24) is 0 Å². The normalized spacial score (nSPS) is 8.58. The molecular formula is C29H56FNSn2. The van der Waals surface area contributed by atoms with Crippen molar-refractivity contribution in [1.29, 1.82) is 0 Å². The van der Waals surface area contributed by atoms with E-state index in [0.29, 0.717) is 0 Å². The van der Waals surface area contributed by atoms with Gasteiger partial charge in [-0.05, 0) is 12.4 Å². The maximum absolute atomic E-state index is 11.8. The average molecular weight is 675 g/mol. The van der Waals surface area contributed by atoms with Crippen LogP contribution in [-0.2, 0) is 0 Å². The third-order valence-corrected chi connectivity index (χ3v) is 2.65. The first-order valence-corrected chi connectivity index (χ1v) is 12.0. The first-order valence-electron chi connectivity index (χ1n) is 12.0.